The van der Waals surface area contributed by atoms with Crippen LogP contribution in [0.25, 0.3) is 0 Å². The first kappa shape index (κ1) is 33.7. The van der Waals surface area contributed by atoms with Crippen molar-refractivity contribution in [2.75, 3.05) is 37.4 Å². The van der Waals surface area contributed by atoms with Crippen molar-refractivity contribution in [3.05, 3.63) is 29.8 Å². The van der Waals surface area contributed by atoms with E-state index in [1.54, 1.807) is 0 Å². The third-order valence-electron chi connectivity index (χ3n) is 12.8. The Kier molecular flexibility index (Phi) is 10.4. The van der Waals surface area contributed by atoms with Crippen LogP contribution in [-0.2, 0) is 19.6 Å². The van der Waals surface area contributed by atoms with Gasteiger partial charge in [0.05, 0.1) is 24.6 Å². The minimum Gasteiger partial charge on any atom is -0.393 e. The molecule has 0 aromatic heterocycles. The highest BCUT2D eigenvalue weighted by atomic mass is 32.2. The molecule has 0 heterocycles. The second-order valence-corrected chi connectivity index (χ2v) is 16.7. The second kappa shape index (κ2) is 13.6. The first-order chi connectivity index (χ1) is 20.8. The molecule has 4 saturated carbocycles. The maximum absolute atomic E-state index is 12.2. The van der Waals surface area contributed by atoms with E-state index in [-0.39, 0.29) is 30.2 Å². The van der Waals surface area contributed by atoms with Gasteiger partial charge >= 0.3 is 0 Å². The molecule has 4 fully saturated rings. The maximum atomic E-state index is 12.2. The normalized spacial score (nSPS) is 35.7. The summed E-state index contributed by atoms with van der Waals surface area (Å²) in [6, 6.07) is 8.69. The van der Waals surface area contributed by atoms with E-state index in [1.165, 1.54) is 49.8 Å². The maximum Gasteiger partial charge on any atom is 0.266 e. The molecule has 9 heteroatoms. The Morgan fingerprint density at radius 3 is 2.48 bits per heavy atom. The summed E-state index contributed by atoms with van der Waals surface area (Å²) in [6.07, 6.45) is 11.1. The van der Waals surface area contributed by atoms with E-state index in [0.29, 0.717) is 23.9 Å². The Bertz CT molecular complexity index is 1240. The number of carbonyl (C=O) groups is 1. The quantitative estimate of drug-likeness (QED) is 0.256. The van der Waals surface area contributed by atoms with Crippen LogP contribution in [0.4, 0.5) is 5.69 Å². The van der Waals surface area contributed by atoms with E-state index in [1.807, 2.05) is 0 Å². The van der Waals surface area contributed by atoms with Gasteiger partial charge in [-0.25, -0.2) is 0 Å². The smallest absolute Gasteiger partial charge is 0.266 e. The first-order valence-electron chi connectivity index (χ1n) is 17.1. The zero-order chi connectivity index (χ0) is 31.7. The number of benzene rings is 1. The number of ether oxygens (including phenoxy) is 1. The molecule has 248 valence electrons. The van der Waals surface area contributed by atoms with E-state index in [2.05, 4.69) is 62.3 Å². The lowest BCUT2D eigenvalue weighted by Gasteiger charge is -2.61. The second-order valence-electron chi connectivity index (χ2n) is 15.2. The van der Waals surface area contributed by atoms with Crippen molar-refractivity contribution in [3.63, 3.8) is 0 Å². The van der Waals surface area contributed by atoms with Gasteiger partial charge in [0.15, 0.2) is 0 Å². The monoisotopic (exact) mass is 632 g/mol. The minimum absolute atomic E-state index is 0.106. The van der Waals surface area contributed by atoms with Crippen molar-refractivity contribution in [1.29, 1.82) is 0 Å². The van der Waals surface area contributed by atoms with Crippen molar-refractivity contribution in [2.24, 2.45) is 40.4 Å². The van der Waals surface area contributed by atoms with Crippen LogP contribution >= 0.6 is 0 Å². The zero-order valence-corrected chi connectivity index (χ0v) is 28.2. The lowest BCUT2D eigenvalue weighted by Crippen LogP contribution is -2.54. The molecule has 0 aliphatic heterocycles. The Hall–Kier alpha value is -1.68. The Balaban J connectivity index is 1.11. The summed E-state index contributed by atoms with van der Waals surface area (Å²) in [5.74, 6) is 2.25. The van der Waals surface area contributed by atoms with Crippen LogP contribution in [0, 0.1) is 47.3 Å². The summed E-state index contributed by atoms with van der Waals surface area (Å²) < 4.78 is 37.2. The van der Waals surface area contributed by atoms with Crippen molar-refractivity contribution >= 4 is 21.7 Å². The lowest BCUT2D eigenvalue weighted by molar-refractivity contribution is -0.140. The van der Waals surface area contributed by atoms with Crippen LogP contribution < -0.4 is 10.2 Å². The molecule has 44 heavy (non-hydrogen) atoms. The summed E-state index contributed by atoms with van der Waals surface area (Å²) in [4.78, 5) is 14.5. The van der Waals surface area contributed by atoms with Crippen molar-refractivity contribution in [1.82, 2.24) is 5.32 Å². The van der Waals surface area contributed by atoms with Gasteiger partial charge in [-0.05, 0) is 124 Å². The fourth-order valence-corrected chi connectivity index (χ4v) is 10.6. The molecule has 9 unspecified atom stereocenters. The first-order valence-corrected chi connectivity index (χ1v) is 18.7. The summed E-state index contributed by atoms with van der Waals surface area (Å²) >= 11 is 0. The van der Waals surface area contributed by atoms with Crippen LogP contribution in [0.3, 0.4) is 0 Å². The average molecular weight is 633 g/mol. The summed E-state index contributed by atoms with van der Waals surface area (Å²) in [5.41, 5.74) is 3.00. The van der Waals surface area contributed by atoms with Crippen LogP contribution in [0.2, 0.25) is 0 Å². The number of aliphatic hydroxyl groups excluding tert-OH is 1. The van der Waals surface area contributed by atoms with Gasteiger partial charge in [0.2, 0.25) is 5.91 Å². The summed E-state index contributed by atoms with van der Waals surface area (Å²) in [5, 5.41) is 13.8. The molecule has 0 saturated heterocycles. The number of aryl methyl sites for hydroxylation is 1. The van der Waals surface area contributed by atoms with Gasteiger partial charge in [-0.2, -0.15) is 8.42 Å². The van der Waals surface area contributed by atoms with E-state index >= 15 is 0 Å². The Morgan fingerprint density at radius 2 is 1.75 bits per heavy atom. The highest BCUT2D eigenvalue weighted by Crippen LogP contribution is 2.68. The van der Waals surface area contributed by atoms with Gasteiger partial charge in [-0.1, -0.05) is 31.5 Å². The highest BCUT2D eigenvalue weighted by molar-refractivity contribution is 7.85. The molecule has 4 aliphatic rings. The van der Waals surface area contributed by atoms with Gasteiger partial charge in [0.25, 0.3) is 10.1 Å². The number of hydrogen-bond acceptors (Lipinski definition) is 6. The standard InChI is InChI=1S/C35H56N2O6S/c1-24-5-8-26(9-6-24)37(4)20-21-43-27-15-17-34(2)25(23-27)7-10-28-29-11-12-31(35(29,3)18-16-30(28)34)32(38)13-14-33(39)36-19-22-44(40,41)42/h5-6,8-9,25,27-32,38H,7,10-23H2,1-4H3,(H,36,39)(H,40,41,42). The molecular formula is C35H56N2O6S. The number of nitrogens with one attached hydrogen (secondary N) is 1. The SMILES string of the molecule is Cc1ccc(N(C)CCOC2CCC3(C)C(CCC4C3CCC3(C)C(C(O)CCC(=O)NCCS(=O)(=O)O)CCC43)C2)cc1. The number of anilines is 1. The molecule has 0 bridgehead atoms. The number of rotatable bonds is 12. The predicted molar refractivity (Wildman–Crippen MR) is 174 cm³/mol. The van der Waals surface area contributed by atoms with Crippen LogP contribution in [0.15, 0.2) is 24.3 Å². The molecule has 1 aromatic carbocycles. The van der Waals surface area contributed by atoms with Crippen LogP contribution in [0.1, 0.15) is 90.0 Å². The number of nitrogens with zero attached hydrogens (tertiary/aromatic N) is 1. The average Bonchev–Trinajstić information content (AvgIpc) is 3.33. The van der Waals surface area contributed by atoms with Gasteiger partial charge in [0, 0.05) is 32.2 Å². The minimum atomic E-state index is -4.10. The lowest BCUT2D eigenvalue weighted by atomic mass is 9.44. The fourth-order valence-electron chi connectivity index (χ4n) is 10.2. The van der Waals surface area contributed by atoms with E-state index in [4.69, 9.17) is 9.29 Å². The number of carbonyl (C=O) groups excluding carboxylic acids is 1. The van der Waals surface area contributed by atoms with E-state index in [9.17, 15) is 18.3 Å². The summed E-state index contributed by atoms with van der Waals surface area (Å²) in [7, 11) is -1.96. The summed E-state index contributed by atoms with van der Waals surface area (Å²) in [6.45, 7) is 8.67. The Labute approximate surface area is 265 Å². The van der Waals surface area contributed by atoms with E-state index < -0.39 is 22.0 Å². The van der Waals surface area contributed by atoms with Crippen LogP contribution in [0.5, 0.6) is 0 Å². The highest BCUT2D eigenvalue weighted by Gasteiger charge is 2.61. The molecule has 0 spiro atoms. The number of fused-ring (bicyclic) bond motifs is 5. The van der Waals surface area contributed by atoms with Crippen molar-refractivity contribution in [2.45, 2.75) is 104 Å². The number of hydrogen-bond donors (Lipinski definition) is 3. The van der Waals surface area contributed by atoms with Gasteiger partial charge in [-0.3, -0.25) is 9.35 Å². The molecule has 3 N–H and O–H groups in total. The molecule has 5 rings (SSSR count). The zero-order valence-electron chi connectivity index (χ0n) is 27.3. The van der Waals surface area contributed by atoms with Crippen LogP contribution in [-0.4, -0.2) is 68.7 Å². The molecule has 0 radical (unpaired) electrons. The molecule has 1 aromatic rings. The Morgan fingerprint density at radius 1 is 1.05 bits per heavy atom. The third kappa shape index (κ3) is 7.31. The van der Waals surface area contributed by atoms with Gasteiger partial charge in [-0.15, -0.1) is 0 Å². The van der Waals surface area contributed by atoms with Gasteiger partial charge < -0.3 is 20.1 Å². The van der Waals surface area contributed by atoms with Crippen molar-refractivity contribution < 1.29 is 27.6 Å². The molecule has 9 atom stereocenters. The van der Waals surface area contributed by atoms with E-state index in [0.717, 1.165) is 50.2 Å². The number of aliphatic hydroxyl groups is 1. The molecular weight excluding hydrogens is 576 g/mol. The largest absolute Gasteiger partial charge is 0.393 e. The van der Waals surface area contributed by atoms with Crippen molar-refractivity contribution in [3.8, 4) is 0 Å². The molecule has 8 nitrogen and oxygen atoms in total. The number of amides is 1. The number of likely N-dealkylation sites (N-methyl/N-ethyl adjacent to an activating group) is 1. The molecule has 4 aliphatic carbocycles. The fraction of sp³-hybridized carbons (Fsp3) is 0.800. The van der Waals surface area contributed by atoms with Gasteiger partial charge in [0.1, 0.15) is 0 Å². The predicted octanol–water partition coefficient (Wildman–Crippen LogP) is 5.62. The third-order valence-corrected chi connectivity index (χ3v) is 13.5. The topological polar surface area (TPSA) is 116 Å². The molecule has 1 amide bonds.